The van der Waals surface area contributed by atoms with Crippen molar-refractivity contribution in [3.63, 3.8) is 0 Å². The van der Waals surface area contributed by atoms with Gasteiger partial charge >= 0.3 is 0 Å². The lowest BCUT2D eigenvalue weighted by molar-refractivity contribution is -0.125. The summed E-state index contributed by atoms with van der Waals surface area (Å²) in [7, 11) is 0. The fraction of sp³-hybridized carbons (Fsp3) is 0.278. The maximum atomic E-state index is 12.4. The molecule has 1 aliphatic rings. The number of rotatable bonds is 4. The third-order valence-corrected chi connectivity index (χ3v) is 4.39. The van der Waals surface area contributed by atoms with Crippen LogP contribution in [0.2, 0.25) is 0 Å². The molecule has 1 atom stereocenters. The molecule has 3 N–H and O–H groups in total. The number of fused-ring (bicyclic) bond motifs is 1. The third kappa shape index (κ3) is 3.60. The van der Waals surface area contributed by atoms with Gasteiger partial charge in [-0.15, -0.1) is 0 Å². The van der Waals surface area contributed by atoms with Crippen molar-refractivity contribution in [2.24, 2.45) is 5.92 Å². The molecule has 0 fully saturated rings. The average molecular weight is 325 g/mol. The molecule has 124 valence electrons. The summed E-state index contributed by atoms with van der Waals surface area (Å²) >= 11 is 0. The maximum Gasteiger partial charge on any atom is 0.274 e. The van der Waals surface area contributed by atoms with Gasteiger partial charge in [0, 0.05) is 30.4 Å². The highest BCUT2D eigenvalue weighted by atomic mass is 16.5. The Balaban J connectivity index is 1.62. The van der Waals surface area contributed by atoms with Crippen LogP contribution in [0.1, 0.15) is 33.5 Å². The van der Waals surface area contributed by atoms with Gasteiger partial charge in [-0.1, -0.05) is 6.07 Å². The molecule has 0 saturated heterocycles. The summed E-state index contributed by atoms with van der Waals surface area (Å²) < 4.78 is 0. The molecule has 1 aliphatic carbocycles. The van der Waals surface area contributed by atoms with Crippen LogP contribution in [0.5, 0.6) is 0 Å². The predicted octanol–water partition coefficient (Wildman–Crippen LogP) is 1.62. The fourth-order valence-electron chi connectivity index (χ4n) is 3.02. The van der Waals surface area contributed by atoms with E-state index in [9.17, 15) is 9.59 Å². The molecule has 0 spiro atoms. The van der Waals surface area contributed by atoms with Gasteiger partial charge in [-0.2, -0.15) is 0 Å². The second kappa shape index (κ2) is 7.23. The Morgan fingerprint density at radius 3 is 2.71 bits per heavy atom. The molecule has 1 aromatic heterocycles. The molecular formula is C18H19N3O3. The minimum Gasteiger partial charge on any atom is -0.352 e. The summed E-state index contributed by atoms with van der Waals surface area (Å²) in [5.74, 6) is -0.526. The van der Waals surface area contributed by atoms with Crippen LogP contribution in [0.15, 0.2) is 42.7 Å². The van der Waals surface area contributed by atoms with E-state index in [2.05, 4.69) is 10.3 Å². The Labute approximate surface area is 139 Å². The minimum atomic E-state index is -0.519. The number of nitrogens with one attached hydrogen (secondary N) is 2. The van der Waals surface area contributed by atoms with E-state index in [-0.39, 0.29) is 11.8 Å². The van der Waals surface area contributed by atoms with E-state index in [1.54, 1.807) is 30.0 Å². The monoisotopic (exact) mass is 325 g/mol. The van der Waals surface area contributed by atoms with Gasteiger partial charge in [-0.05, 0) is 60.2 Å². The standard InChI is InChI=1S/C18H19N3O3/c22-17(20-11-12-5-7-19-8-6-12)15-3-1-14-10-16(18(23)21-24)4-2-13(14)9-15/h2,4-8,10,15,24H,1,3,9,11H2,(H,20,22)(H,21,23). The van der Waals surface area contributed by atoms with Crippen molar-refractivity contribution in [3.05, 3.63) is 65.0 Å². The average Bonchev–Trinajstić information content (AvgIpc) is 2.65. The summed E-state index contributed by atoms with van der Waals surface area (Å²) in [4.78, 5) is 27.8. The lowest BCUT2D eigenvalue weighted by atomic mass is 9.82. The molecule has 1 unspecified atom stereocenters. The third-order valence-electron chi connectivity index (χ3n) is 4.39. The van der Waals surface area contributed by atoms with Crippen LogP contribution in [-0.4, -0.2) is 22.0 Å². The number of amides is 2. The van der Waals surface area contributed by atoms with Gasteiger partial charge in [0.15, 0.2) is 0 Å². The highest BCUT2D eigenvalue weighted by Gasteiger charge is 2.25. The molecule has 6 heteroatoms. The maximum absolute atomic E-state index is 12.4. The number of pyridine rings is 1. The first-order valence-electron chi connectivity index (χ1n) is 7.90. The minimum absolute atomic E-state index is 0.0506. The van der Waals surface area contributed by atoms with E-state index in [0.717, 1.165) is 29.5 Å². The number of benzene rings is 1. The van der Waals surface area contributed by atoms with Crippen LogP contribution in [0, 0.1) is 5.92 Å². The molecule has 1 heterocycles. The summed E-state index contributed by atoms with van der Waals surface area (Å²) in [6.45, 7) is 0.500. The van der Waals surface area contributed by atoms with Gasteiger partial charge < -0.3 is 5.32 Å². The highest BCUT2D eigenvalue weighted by molar-refractivity contribution is 5.93. The second-order valence-electron chi connectivity index (χ2n) is 5.94. The van der Waals surface area contributed by atoms with Crippen LogP contribution in [-0.2, 0) is 24.2 Å². The summed E-state index contributed by atoms with van der Waals surface area (Å²) in [5.41, 5.74) is 5.24. The number of carbonyl (C=O) groups excluding carboxylic acids is 2. The number of hydroxylamine groups is 1. The van der Waals surface area contributed by atoms with Gasteiger partial charge in [0.1, 0.15) is 0 Å². The molecule has 3 rings (SSSR count). The van der Waals surface area contributed by atoms with Crippen molar-refractivity contribution < 1.29 is 14.8 Å². The first kappa shape index (κ1) is 16.1. The number of aryl methyl sites for hydroxylation is 1. The van der Waals surface area contributed by atoms with E-state index in [1.165, 1.54) is 0 Å². The van der Waals surface area contributed by atoms with Gasteiger partial charge in [0.25, 0.3) is 5.91 Å². The molecule has 0 aliphatic heterocycles. The first-order chi connectivity index (χ1) is 11.7. The first-order valence-corrected chi connectivity index (χ1v) is 7.90. The lowest BCUT2D eigenvalue weighted by Gasteiger charge is -2.24. The van der Waals surface area contributed by atoms with Gasteiger partial charge in [-0.25, -0.2) is 5.48 Å². The summed E-state index contributed by atoms with van der Waals surface area (Å²) in [6.07, 6.45) is 5.57. The smallest absolute Gasteiger partial charge is 0.274 e. The van der Waals surface area contributed by atoms with Crippen molar-refractivity contribution in [2.75, 3.05) is 0 Å². The highest BCUT2D eigenvalue weighted by Crippen LogP contribution is 2.26. The van der Waals surface area contributed by atoms with Crippen LogP contribution in [0.25, 0.3) is 0 Å². The molecule has 2 aromatic rings. The topological polar surface area (TPSA) is 91.3 Å². The molecule has 1 aromatic carbocycles. The van der Waals surface area contributed by atoms with Gasteiger partial charge in [0.05, 0.1) is 0 Å². The predicted molar refractivity (Wildman–Crippen MR) is 87.3 cm³/mol. The zero-order chi connectivity index (χ0) is 16.9. The van der Waals surface area contributed by atoms with Crippen LogP contribution >= 0.6 is 0 Å². The Morgan fingerprint density at radius 2 is 1.96 bits per heavy atom. The van der Waals surface area contributed by atoms with Crippen molar-refractivity contribution in [2.45, 2.75) is 25.8 Å². The van der Waals surface area contributed by atoms with Crippen molar-refractivity contribution in [1.29, 1.82) is 0 Å². The largest absolute Gasteiger partial charge is 0.352 e. The van der Waals surface area contributed by atoms with Gasteiger partial charge in [-0.3, -0.25) is 19.8 Å². The number of carbonyl (C=O) groups is 2. The number of nitrogens with zero attached hydrogens (tertiary/aromatic N) is 1. The summed E-state index contributed by atoms with van der Waals surface area (Å²) in [5, 5.41) is 11.7. The number of hydrogen-bond donors (Lipinski definition) is 3. The van der Waals surface area contributed by atoms with E-state index < -0.39 is 5.91 Å². The Hall–Kier alpha value is -2.73. The van der Waals surface area contributed by atoms with Crippen LogP contribution < -0.4 is 10.8 Å². The van der Waals surface area contributed by atoms with Crippen LogP contribution in [0.4, 0.5) is 0 Å². The quantitative estimate of drug-likeness (QED) is 0.588. The molecule has 24 heavy (non-hydrogen) atoms. The molecule has 2 amide bonds. The van der Waals surface area contributed by atoms with Gasteiger partial charge in [0.2, 0.25) is 5.91 Å². The molecule has 6 nitrogen and oxygen atoms in total. The number of aromatic nitrogens is 1. The fourth-order valence-corrected chi connectivity index (χ4v) is 3.02. The van der Waals surface area contributed by atoms with Crippen molar-refractivity contribution in [1.82, 2.24) is 15.8 Å². The summed E-state index contributed by atoms with van der Waals surface area (Å²) in [6, 6.07) is 9.07. The van der Waals surface area contributed by atoms with Crippen LogP contribution in [0.3, 0.4) is 0 Å². The molecular weight excluding hydrogens is 306 g/mol. The van der Waals surface area contributed by atoms with Crippen molar-refractivity contribution in [3.8, 4) is 0 Å². The van der Waals surface area contributed by atoms with E-state index in [4.69, 9.17) is 5.21 Å². The number of hydrogen-bond acceptors (Lipinski definition) is 4. The Morgan fingerprint density at radius 1 is 1.17 bits per heavy atom. The zero-order valence-corrected chi connectivity index (χ0v) is 13.2. The van der Waals surface area contributed by atoms with Crippen molar-refractivity contribution >= 4 is 11.8 Å². The normalized spacial score (nSPS) is 16.1. The second-order valence-corrected chi connectivity index (χ2v) is 5.94. The van der Waals surface area contributed by atoms with E-state index in [1.807, 2.05) is 18.2 Å². The van der Waals surface area contributed by atoms with E-state index in [0.29, 0.717) is 18.5 Å². The Kier molecular flexibility index (Phi) is 4.86. The lowest BCUT2D eigenvalue weighted by Crippen LogP contribution is -2.33. The zero-order valence-electron chi connectivity index (χ0n) is 13.2. The molecule has 0 bridgehead atoms. The van der Waals surface area contributed by atoms with E-state index >= 15 is 0 Å². The Bertz CT molecular complexity index is 746. The SMILES string of the molecule is O=C(NO)c1ccc2c(c1)CCC(C(=O)NCc1ccncc1)C2. The molecule has 0 saturated carbocycles. The molecule has 0 radical (unpaired) electrons.